The van der Waals surface area contributed by atoms with Crippen LogP contribution in [0, 0.1) is 0 Å². The summed E-state index contributed by atoms with van der Waals surface area (Å²) in [6.45, 7) is -0.481. The standard InChI is InChI=1S/C6H7F3N4O2/c7-6(8,9)1-2-10-3-4(14)11-5(15)13-12-3/h1-2H2,(H,10,12)(H2,11,13,14,15). The van der Waals surface area contributed by atoms with E-state index < -0.39 is 30.4 Å². The first-order chi connectivity index (χ1) is 6.88. The van der Waals surface area contributed by atoms with Gasteiger partial charge in [0.05, 0.1) is 6.42 Å². The van der Waals surface area contributed by atoms with Crippen LogP contribution in [0.4, 0.5) is 19.0 Å². The van der Waals surface area contributed by atoms with E-state index in [0.29, 0.717) is 0 Å². The molecule has 0 bridgehead atoms. The number of halogens is 3. The summed E-state index contributed by atoms with van der Waals surface area (Å²) in [5.41, 5.74) is -1.68. The van der Waals surface area contributed by atoms with Gasteiger partial charge in [-0.25, -0.2) is 9.89 Å². The number of nitrogens with zero attached hydrogens (tertiary/aromatic N) is 1. The first kappa shape index (κ1) is 11.3. The fourth-order valence-corrected chi connectivity index (χ4v) is 0.790. The monoisotopic (exact) mass is 224 g/mol. The van der Waals surface area contributed by atoms with E-state index in [1.807, 2.05) is 10.1 Å². The molecule has 0 aromatic carbocycles. The third kappa shape index (κ3) is 3.83. The van der Waals surface area contributed by atoms with Crippen molar-refractivity contribution in [3.63, 3.8) is 0 Å². The molecule has 3 N–H and O–H groups in total. The SMILES string of the molecule is O=c1[nH]nc(NCCC(F)(F)F)c(=O)[nH]1. The summed E-state index contributed by atoms with van der Waals surface area (Å²) in [7, 11) is 0. The fourth-order valence-electron chi connectivity index (χ4n) is 0.790. The summed E-state index contributed by atoms with van der Waals surface area (Å²) in [5, 5.41) is 7.27. The summed E-state index contributed by atoms with van der Waals surface area (Å²) in [4.78, 5) is 23.2. The number of aromatic amines is 2. The van der Waals surface area contributed by atoms with Crippen molar-refractivity contribution in [1.82, 2.24) is 15.2 Å². The van der Waals surface area contributed by atoms with E-state index in [0.717, 1.165) is 0 Å². The molecule has 1 rings (SSSR count). The molecule has 9 heteroatoms. The second kappa shape index (κ2) is 4.15. The maximum absolute atomic E-state index is 11.7. The topological polar surface area (TPSA) is 90.6 Å². The predicted molar refractivity (Wildman–Crippen MR) is 44.6 cm³/mol. The molecule has 15 heavy (non-hydrogen) atoms. The number of aromatic nitrogens is 3. The Kier molecular flexibility index (Phi) is 3.12. The zero-order valence-electron chi connectivity index (χ0n) is 7.31. The predicted octanol–water partition coefficient (Wildman–Crippen LogP) is -0.178. The quantitative estimate of drug-likeness (QED) is 0.664. The molecule has 0 radical (unpaired) electrons. The van der Waals surface area contributed by atoms with Crippen molar-refractivity contribution in [2.24, 2.45) is 0 Å². The molecular formula is C6H7F3N4O2. The summed E-state index contributed by atoms with van der Waals surface area (Å²) >= 11 is 0. The lowest BCUT2D eigenvalue weighted by Gasteiger charge is -2.06. The zero-order valence-corrected chi connectivity index (χ0v) is 7.31. The Morgan fingerprint density at radius 2 is 2.00 bits per heavy atom. The third-order valence-corrected chi connectivity index (χ3v) is 1.41. The summed E-state index contributed by atoms with van der Waals surface area (Å²) < 4.78 is 35.2. The van der Waals surface area contributed by atoms with Gasteiger partial charge in [-0.05, 0) is 0 Å². The van der Waals surface area contributed by atoms with Gasteiger partial charge in [-0.3, -0.25) is 9.78 Å². The van der Waals surface area contributed by atoms with E-state index in [-0.39, 0.29) is 5.82 Å². The molecule has 0 atom stereocenters. The number of nitrogens with one attached hydrogen (secondary N) is 3. The number of anilines is 1. The maximum atomic E-state index is 11.7. The van der Waals surface area contributed by atoms with Gasteiger partial charge < -0.3 is 5.32 Å². The number of hydrogen-bond acceptors (Lipinski definition) is 4. The first-order valence-electron chi connectivity index (χ1n) is 3.88. The average Bonchev–Trinajstić information content (AvgIpc) is 2.07. The van der Waals surface area contributed by atoms with E-state index in [4.69, 9.17) is 0 Å². The van der Waals surface area contributed by atoms with Crippen molar-refractivity contribution in [3.8, 4) is 0 Å². The second-order valence-electron chi connectivity index (χ2n) is 2.65. The van der Waals surface area contributed by atoms with E-state index in [1.54, 1.807) is 0 Å². The minimum atomic E-state index is -4.30. The zero-order chi connectivity index (χ0) is 11.5. The van der Waals surface area contributed by atoms with Crippen LogP contribution in [-0.4, -0.2) is 27.9 Å². The van der Waals surface area contributed by atoms with Gasteiger partial charge in [-0.2, -0.15) is 13.2 Å². The lowest BCUT2D eigenvalue weighted by molar-refractivity contribution is -0.131. The summed E-state index contributed by atoms with van der Waals surface area (Å²) in [5.74, 6) is -0.348. The molecule has 0 aliphatic heterocycles. The van der Waals surface area contributed by atoms with Gasteiger partial charge in [0.1, 0.15) is 0 Å². The van der Waals surface area contributed by atoms with E-state index >= 15 is 0 Å². The van der Waals surface area contributed by atoms with Crippen molar-refractivity contribution >= 4 is 5.82 Å². The van der Waals surface area contributed by atoms with Crippen LogP contribution >= 0.6 is 0 Å². The van der Waals surface area contributed by atoms with Gasteiger partial charge in [0.15, 0.2) is 0 Å². The molecular weight excluding hydrogens is 217 g/mol. The Labute approximate surface area is 80.5 Å². The molecule has 0 aliphatic rings. The molecule has 0 fully saturated rings. The Bertz CT molecular complexity index is 435. The van der Waals surface area contributed by atoms with Crippen LogP contribution in [0.15, 0.2) is 9.59 Å². The van der Waals surface area contributed by atoms with Crippen LogP contribution in [0.1, 0.15) is 6.42 Å². The molecule has 0 saturated heterocycles. The van der Waals surface area contributed by atoms with E-state index in [2.05, 4.69) is 10.4 Å². The summed E-state index contributed by atoms with van der Waals surface area (Å²) in [6, 6.07) is 0. The van der Waals surface area contributed by atoms with Gasteiger partial charge in [0.25, 0.3) is 5.56 Å². The smallest absolute Gasteiger partial charge is 0.364 e. The van der Waals surface area contributed by atoms with Crippen molar-refractivity contribution in [1.29, 1.82) is 0 Å². The second-order valence-corrected chi connectivity index (χ2v) is 2.65. The molecule has 0 aliphatic carbocycles. The lowest BCUT2D eigenvalue weighted by Crippen LogP contribution is -2.28. The Balaban J connectivity index is 2.59. The minimum absolute atomic E-state index is 0.348. The first-order valence-corrected chi connectivity index (χ1v) is 3.88. The van der Waals surface area contributed by atoms with Gasteiger partial charge in [-0.1, -0.05) is 0 Å². The maximum Gasteiger partial charge on any atom is 0.390 e. The molecule has 0 unspecified atom stereocenters. The number of alkyl halides is 3. The van der Waals surface area contributed by atoms with Crippen LogP contribution in [0.3, 0.4) is 0 Å². The van der Waals surface area contributed by atoms with Gasteiger partial charge in [0, 0.05) is 6.54 Å². The number of H-pyrrole nitrogens is 2. The minimum Gasteiger partial charge on any atom is -0.364 e. The fraction of sp³-hybridized carbons (Fsp3) is 0.500. The highest BCUT2D eigenvalue weighted by Crippen LogP contribution is 2.18. The highest BCUT2D eigenvalue weighted by atomic mass is 19.4. The van der Waals surface area contributed by atoms with E-state index in [1.165, 1.54) is 0 Å². The summed E-state index contributed by atoms with van der Waals surface area (Å²) in [6.07, 6.45) is -5.39. The van der Waals surface area contributed by atoms with Gasteiger partial charge in [0.2, 0.25) is 5.82 Å². The number of hydrogen-bond donors (Lipinski definition) is 3. The Hall–Kier alpha value is -1.80. The number of rotatable bonds is 3. The molecule has 84 valence electrons. The normalized spacial score (nSPS) is 11.4. The molecule has 0 saturated carbocycles. The highest BCUT2D eigenvalue weighted by molar-refractivity contribution is 5.28. The third-order valence-electron chi connectivity index (χ3n) is 1.41. The van der Waals surface area contributed by atoms with Crippen LogP contribution in [-0.2, 0) is 0 Å². The van der Waals surface area contributed by atoms with Gasteiger partial charge in [-0.15, -0.1) is 5.10 Å². The molecule has 0 spiro atoms. The van der Waals surface area contributed by atoms with Crippen LogP contribution < -0.4 is 16.6 Å². The molecule has 1 aromatic rings. The molecule has 6 nitrogen and oxygen atoms in total. The largest absolute Gasteiger partial charge is 0.390 e. The van der Waals surface area contributed by atoms with Crippen LogP contribution in [0.5, 0.6) is 0 Å². The Morgan fingerprint density at radius 1 is 1.33 bits per heavy atom. The van der Waals surface area contributed by atoms with Gasteiger partial charge >= 0.3 is 11.9 Å². The Morgan fingerprint density at radius 3 is 2.53 bits per heavy atom. The molecule has 0 amide bonds. The molecule has 1 aromatic heterocycles. The van der Waals surface area contributed by atoms with Crippen molar-refractivity contribution in [2.75, 3.05) is 11.9 Å². The van der Waals surface area contributed by atoms with Crippen molar-refractivity contribution in [2.45, 2.75) is 12.6 Å². The van der Waals surface area contributed by atoms with Crippen LogP contribution in [0.25, 0.3) is 0 Å². The average molecular weight is 224 g/mol. The lowest BCUT2D eigenvalue weighted by atomic mass is 10.4. The highest BCUT2D eigenvalue weighted by Gasteiger charge is 2.26. The molecule has 1 heterocycles. The van der Waals surface area contributed by atoms with Crippen molar-refractivity contribution in [3.05, 3.63) is 20.8 Å². The van der Waals surface area contributed by atoms with Crippen LogP contribution in [0.2, 0.25) is 0 Å². The van der Waals surface area contributed by atoms with E-state index in [9.17, 15) is 22.8 Å². The van der Waals surface area contributed by atoms with Crippen molar-refractivity contribution < 1.29 is 13.2 Å².